The van der Waals surface area contributed by atoms with Crippen LogP contribution in [0.2, 0.25) is 0 Å². The number of aliphatic hydroxyl groups excluding tert-OH is 1. The Hall–Kier alpha value is -1.33. The Morgan fingerprint density at radius 3 is 2.93 bits per heavy atom. The summed E-state index contributed by atoms with van der Waals surface area (Å²) in [7, 11) is 0. The van der Waals surface area contributed by atoms with Gasteiger partial charge in [0.15, 0.2) is 0 Å². The number of unbranched alkanes of at least 4 members (excludes halogenated alkanes) is 1. The van der Waals surface area contributed by atoms with Crippen molar-refractivity contribution in [3.8, 4) is 11.8 Å². The Bertz CT molecular complexity index is 360. The number of aryl methyl sites for hydroxylation is 1. The van der Waals surface area contributed by atoms with E-state index in [-0.39, 0.29) is 12.4 Å². The Morgan fingerprint density at radius 1 is 1.43 bits per heavy atom. The number of rotatable bonds is 2. The molecule has 2 heteroatoms. The molecule has 14 heavy (non-hydrogen) atoms. The quantitative estimate of drug-likeness (QED) is 0.563. The maximum Gasteiger partial charge on any atom is 0.124 e. The second-order valence-corrected chi connectivity index (χ2v) is 3.09. The van der Waals surface area contributed by atoms with E-state index in [1.165, 1.54) is 12.1 Å². The average molecular weight is 192 g/mol. The molecule has 0 heterocycles. The van der Waals surface area contributed by atoms with Crippen molar-refractivity contribution >= 4 is 0 Å². The predicted octanol–water partition coefficient (Wildman–Crippen LogP) is 2.26. The summed E-state index contributed by atoms with van der Waals surface area (Å²) in [4.78, 5) is 0. The second-order valence-electron chi connectivity index (χ2n) is 3.09. The molecule has 0 saturated carbocycles. The second kappa shape index (κ2) is 5.41. The number of hydrogen-bond acceptors (Lipinski definition) is 1. The first-order valence-corrected chi connectivity index (χ1v) is 4.60. The van der Waals surface area contributed by atoms with E-state index in [9.17, 15) is 4.39 Å². The SMILES string of the molecule is Cc1ccc(F)cc1C#CCCCO. The zero-order valence-electron chi connectivity index (χ0n) is 8.18. The van der Waals surface area contributed by atoms with Crippen LogP contribution in [-0.2, 0) is 0 Å². The Morgan fingerprint density at radius 2 is 2.21 bits per heavy atom. The van der Waals surface area contributed by atoms with Gasteiger partial charge in [0.05, 0.1) is 0 Å². The topological polar surface area (TPSA) is 20.2 Å². The molecule has 1 rings (SSSR count). The van der Waals surface area contributed by atoms with E-state index in [4.69, 9.17) is 5.11 Å². The van der Waals surface area contributed by atoms with Gasteiger partial charge in [0.2, 0.25) is 0 Å². The van der Waals surface area contributed by atoms with Gasteiger partial charge in [-0.25, -0.2) is 4.39 Å². The summed E-state index contributed by atoms with van der Waals surface area (Å²) in [6.07, 6.45) is 1.31. The molecule has 0 aliphatic carbocycles. The molecule has 1 nitrogen and oxygen atoms in total. The Labute approximate surface area is 83.6 Å². The van der Waals surface area contributed by atoms with Gasteiger partial charge in [-0.3, -0.25) is 0 Å². The summed E-state index contributed by atoms with van der Waals surface area (Å²) < 4.78 is 12.8. The van der Waals surface area contributed by atoms with Gasteiger partial charge in [0.1, 0.15) is 5.82 Å². The molecule has 0 radical (unpaired) electrons. The Kier molecular flexibility index (Phi) is 4.15. The largest absolute Gasteiger partial charge is 0.396 e. The van der Waals surface area contributed by atoms with Crippen LogP contribution in [0.25, 0.3) is 0 Å². The molecule has 0 atom stereocenters. The number of halogens is 1. The third-order valence-electron chi connectivity index (χ3n) is 1.88. The molecule has 0 unspecified atom stereocenters. The van der Waals surface area contributed by atoms with E-state index in [1.54, 1.807) is 6.07 Å². The predicted molar refractivity (Wildman–Crippen MR) is 54.3 cm³/mol. The molecule has 0 saturated heterocycles. The average Bonchev–Trinajstić information content (AvgIpc) is 2.18. The van der Waals surface area contributed by atoms with Crippen molar-refractivity contribution in [2.75, 3.05) is 6.61 Å². The maximum atomic E-state index is 12.8. The highest BCUT2D eigenvalue weighted by Crippen LogP contribution is 2.08. The highest BCUT2D eigenvalue weighted by molar-refractivity contribution is 5.40. The zero-order valence-corrected chi connectivity index (χ0v) is 8.18. The van der Waals surface area contributed by atoms with E-state index in [2.05, 4.69) is 11.8 Å². The van der Waals surface area contributed by atoms with Gasteiger partial charge >= 0.3 is 0 Å². The van der Waals surface area contributed by atoms with Crippen LogP contribution in [0, 0.1) is 24.6 Å². The monoisotopic (exact) mass is 192 g/mol. The van der Waals surface area contributed by atoms with Crippen molar-refractivity contribution in [1.29, 1.82) is 0 Å². The molecule has 0 aliphatic rings. The maximum absolute atomic E-state index is 12.8. The first-order valence-electron chi connectivity index (χ1n) is 4.60. The molecule has 0 fully saturated rings. The molecule has 1 N–H and O–H groups in total. The van der Waals surface area contributed by atoms with Crippen LogP contribution in [0.3, 0.4) is 0 Å². The molecule has 0 aromatic heterocycles. The third kappa shape index (κ3) is 3.20. The molecule has 1 aromatic rings. The van der Waals surface area contributed by atoms with Crippen LogP contribution in [-0.4, -0.2) is 11.7 Å². The number of benzene rings is 1. The summed E-state index contributed by atoms with van der Waals surface area (Å²) >= 11 is 0. The van der Waals surface area contributed by atoms with Crippen molar-refractivity contribution in [3.05, 3.63) is 35.1 Å². The third-order valence-corrected chi connectivity index (χ3v) is 1.88. The van der Waals surface area contributed by atoms with Crippen molar-refractivity contribution in [2.45, 2.75) is 19.8 Å². The lowest BCUT2D eigenvalue weighted by atomic mass is 10.1. The van der Waals surface area contributed by atoms with Gasteiger partial charge in [-0.2, -0.15) is 0 Å². The lowest BCUT2D eigenvalue weighted by molar-refractivity contribution is 0.290. The van der Waals surface area contributed by atoms with Gasteiger partial charge in [-0.1, -0.05) is 17.9 Å². The van der Waals surface area contributed by atoms with E-state index >= 15 is 0 Å². The first kappa shape index (κ1) is 10.7. The minimum atomic E-state index is -0.262. The number of aliphatic hydroxyl groups is 1. The summed E-state index contributed by atoms with van der Waals surface area (Å²) in [6.45, 7) is 2.05. The summed E-state index contributed by atoms with van der Waals surface area (Å²) in [5, 5.41) is 8.53. The fourth-order valence-electron chi connectivity index (χ4n) is 1.05. The molecular formula is C12H13FO. The molecule has 74 valence electrons. The molecule has 0 aliphatic heterocycles. The van der Waals surface area contributed by atoms with Crippen molar-refractivity contribution in [1.82, 2.24) is 0 Å². The smallest absolute Gasteiger partial charge is 0.124 e. The van der Waals surface area contributed by atoms with E-state index in [1.807, 2.05) is 6.92 Å². The highest BCUT2D eigenvalue weighted by atomic mass is 19.1. The minimum Gasteiger partial charge on any atom is -0.396 e. The van der Waals surface area contributed by atoms with Crippen LogP contribution >= 0.6 is 0 Å². The summed E-state index contributed by atoms with van der Waals surface area (Å²) in [5.41, 5.74) is 1.70. The molecular weight excluding hydrogens is 179 g/mol. The van der Waals surface area contributed by atoms with E-state index in [0.717, 1.165) is 11.1 Å². The summed E-state index contributed by atoms with van der Waals surface area (Å²) in [5.74, 6) is 5.52. The number of hydrogen-bond donors (Lipinski definition) is 1. The zero-order chi connectivity index (χ0) is 10.4. The molecule has 0 bridgehead atoms. The molecule has 0 spiro atoms. The van der Waals surface area contributed by atoms with Crippen molar-refractivity contribution < 1.29 is 9.50 Å². The van der Waals surface area contributed by atoms with Crippen LogP contribution < -0.4 is 0 Å². The van der Waals surface area contributed by atoms with Gasteiger partial charge in [0.25, 0.3) is 0 Å². The summed E-state index contributed by atoms with van der Waals surface area (Å²) in [6, 6.07) is 4.57. The van der Waals surface area contributed by atoms with E-state index < -0.39 is 0 Å². The highest BCUT2D eigenvalue weighted by Gasteiger charge is 1.95. The first-order chi connectivity index (χ1) is 6.74. The van der Waals surface area contributed by atoms with Gasteiger partial charge in [-0.15, -0.1) is 0 Å². The standard InChI is InChI=1S/C12H13FO/c1-10-6-7-12(13)9-11(10)5-3-2-4-8-14/h6-7,9,14H,2,4,8H2,1H3. The fraction of sp³-hybridized carbons (Fsp3) is 0.333. The van der Waals surface area contributed by atoms with Crippen LogP contribution in [0.4, 0.5) is 4.39 Å². The van der Waals surface area contributed by atoms with Crippen molar-refractivity contribution in [2.24, 2.45) is 0 Å². The van der Waals surface area contributed by atoms with Gasteiger partial charge < -0.3 is 5.11 Å². The van der Waals surface area contributed by atoms with E-state index in [0.29, 0.717) is 12.8 Å². The lowest BCUT2D eigenvalue weighted by Crippen LogP contribution is -1.84. The van der Waals surface area contributed by atoms with Gasteiger partial charge in [-0.05, 0) is 31.0 Å². The van der Waals surface area contributed by atoms with Gasteiger partial charge in [0, 0.05) is 18.6 Å². The fourth-order valence-corrected chi connectivity index (χ4v) is 1.05. The van der Waals surface area contributed by atoms with Crippen LogP contribution in [0.5, 0.6) is 0 Å². The van der Waals surface area contributed by atoms with Crippen molar-refractivity contribution in [3.63, 3.8) is 0 Å². The Balaban J connectivity index is 2.73. The molecule has 0 amide bonds. The lowest BCUT2D eigenvalue weighted by Gasteiger charge is -1.96. The molecule has 1 aromatic carbocycles. The minimum absolute atomic E-state index is 0.150. The normalized spacial score (nSPS) is 9.36. The van der Waals surface area contributed by atoms with Crippen LogP contribution in [0.15, 0.2) is 18.2 Å². The van der Waals surface area contributed by atoms with Crippen LogP contribution in [0.1, 0.15) is 24.0 Å².